The summed E-state index contributed by atoms with van der Waals surface area (Å²) in [4.78, 5) is 0. The van der Waals surface area contributed by atoms with Gasteiger partial charge in [0.1, 0.15) is 0 Å². The van der Waals surface area contributed by atoms with Gasteiger partial charge in [-0.15, -0.1) is 0 Å². The fourth-order valence-electron chi connectivity index (χ4n) is 0.864. The highest BCUT2D eigenvalue weighted by Crippen LogP contribution is 2.26. The van der Waals surface area contributed by atoms with Gasteiger partial charge in [0.05, 0.1) is 5.37 Å². The predicted octanol–water partition coefficient (Wildman–Crippen LogP) is 0.501. The van der Waals surface area contributed by atoms with Gasteiger partial charge in [-0.05, 0) is 13.0 Å². The number of nitrogens with two attached hydrogens (primary N) is 1. The largest absolute Gasteiger partial charge is 0.318 e. The highest BCUT2D eigenvalue weighted by Gasteiger charge is 2.24. The highest BCUT2D eigenvalue weighted by molar-refractivity contribution is 7.97. The lowest BCUT2D eigenvalue weighted by atomic mass is 10.2. The molecule has 2 atom stereocenters. The molecule has 0 amide bonds. The van der Waals surface area contributed by atoms with Crippen LogP contribution in [-0.4, -0.2) is 23.3 Å². The zero-order valence-corrected chi connectivity index (χ0v) is 6.11. The van der Waals surface area contributed by atoms with Crippen molar-refractivity contribution in [2.45, 2.75) is 12.3 Å². The van der Waals surface area contributed by atoms with Crippen LogP contribution in [0.15, 0.2) is 0 Å². The predicted molar refractivity (Wildman–Crippen MR) is 37.4 cm³/mol. The van der Waals surface area contributed by atoms with Gasteiger partial charge in [-0.3, -0.25) is 4.31 Å². The first-order valence-corrected chi connectivity index (χ1v) is 3.67. The molecule has 3 heteroatoms. The molecule has 0 aliphatic carbocycles. The molecular formula is C5H12N2S. The molecule has 2 nitrogen and oxygen atoms in total. The smallest absolute Gasteiger partial charge is 0.0694 e. The summed E-state index contributed by atoms with van der Waals surface area (Å²) in [5.41, 5.74) is 5.69. The average Bonchev–Trinajstić information content (AvgIpc) is 1.85. The molecule has 1 rings (SSSR count). The molecule has 1 heterocycles. The molecular weight excluding hydrogens is 120 g/mol. The normalized spacial score (nSPS) is 40.9. The van der Waals surface area contributed by atoms with Crippen molar-refractivity contribution in [3.8, 4) is 0 Å². The molecule has 2 N–H and O–H groups in total. The SMILES string of the molecule is CC1CN(C)SC1N. The van der Waals surface area contributed by atoms with Gasteiger partial charge < -0.3 is 5.73 Å². The number of nitrogens with zero attached hydrogens (tertiary/aromatic N) is 1. The minimum atomic E-state index is 0.333. The van der Waals surface area contributed by atoms with Crippen molar-refractivity contribution in [2.24, 2.45) is 11.7 Å². The summed E-state index contributed by atoms with van der Waals surface area (Å²) < 4.78 is 2.19. The van der Waals surface area contributed by atoms with Crippen molar-refractivity contribution in [2.75, 3.05) is 13.6 Å². The minimum Gasteiger partial charge on any atom is -0.318 e. The molecule has 1 aliphatic rings. The Morgan fingerprint density at radius 2 is 2.38 bits per heavy atom. The van der Waals surface area contributed by atoms with Crippen LogP contribution in [0.4, 0.5) is 0 Å². The second-order valence-electron chi connectivity index (χ2n) is 2.36. The third-order valence-corrected chi connectivity index (χ3v) is 2.62. The van der Waals surface area contributed by atoms with E-state index >= 15 is 0 Å². The van der Waals surface area contributed by atoms with Gasteiger partial charge in [-0.25, -0.2) is 0 Å². The van der Waals surface area contributed by atoms with E-state index in [1.165, 1.54) is 0 Å². The second kappa shape index (κ2) is 2.25. The number of hydrogen-bond donors (Lipinski definition) is 1. The molecule has 0 aromatic rings. The van der Waals surface area contributed by atoms with Gasteiger partial charge in [0.25, 0.3) is 0 Å². The maximum atomic E-state index is 5.69. The van der Waals surface area contributed by atoms with Crippen LogP contribution < -0.4 is 5.73 Å². The molecule has 0 aromatic heterocycles. The van der Waals surface area contributed by atoms with Crippen molar-refractivity contribution in [1.82, 2.24) is 4.31 Å². The van der Waals surface area contributed by atoms with E-state index in [4.69, 9.17) is 5.73 Å². The maximum absolute atomic E-state index is 5.69. The van der Waals surface area contributed by atoms with Crippen molar-refractivity contribution in [3.63, 3.8) is 0 Å². The van der Waals surface area contributed by atoms with E-state index in [-0.39, 0.29) is 0 Å². The Labute approximate surface area is 54.6 Å². The summed E-state index contributed by atoms with van der Waals surface area (Å²) in [6.45, 7) is 3.31. The third kappa shape index (κ3) is 1.16. The molecule has 1 fully saturated rings. The molecule has 2 unspecified atom stereocenters. The number of rotatable bonds is 0. The summed E-state index contributed by atoms with van der Waals surface area (Å²) in [5, 5.41) is 0.333. The fraction of sp³-hybridized carbons (Fsp3) is 1.00. The van der Waals surface area contributed by atoms with Crippen molar-refractivity contribution >= 4 is 11.9 Å². The molecule has 0 spiro atoms. The van der Waals surface area contributed by atoms with Crippen LogP contribution in [0.2, 0.25) is 0 Å². The van der Waals surface area contributed by atoms with Gasteiger partial charge in [-0.1, -0.05) is 18.9 Å². The first kappa shape index (κ1) is 6.39. The Kier molecular flexibility index (Phi) is 1.80. The van der Waals surface area contributed by atoms with Crippen LogP contribution in [0, 0.1) is 5.92 Å². The van der Waals surface area contributed by atoms with Crippen LogP contribution >= 0.6 is 11.9 Å². The maximum Gasteiger partial charge on any atom is 0.0694 e. The summed E-state index contributed by atoms with van der Waals surface area (Å²) in [7, 11) is 2.08. The molecule has 1 saturated heterocycles. The Morgan fingerprint density at radius 1 is 1.75 bits per heavy atom. The van der Waals surface area contributed by atoms with Gasteiger partial charge in [0.15, 0.2) is 0 Å². The van der Waals surface area contributed by atoms with Gasteiger partial charge >= 0.3 is 0 Å². The standard InChI is InChI=1S/C5H12N2S/c1-4-3-7(2)8-5(4)6/h4-5H,3,6H2,1-2H3. The zero-order valence-electron chi connectivity index (χ0n) is 5.29. The van der Waals surface area contributed by atoms with E-state index in [9.17, 15) is 0 Å². The molecule has 0 saturated carbocycles. The Hall–Kier alpha value is 0.270. The molecule has 0 aromatic carbocycles. The Morgan fingerprint density at radius 3 is 2.50 bits per heavy atom. The van der Waals surface area contributed by atoms with E-state index < -0.39 is 0 Å². The van der Waals surface area contributed by atoms with E-state index in [0.29, 0.717) is 11.3 Å². The van der Waals surface area contributed by atoms with Gasteiger partial charge in [0, 0.05) is 6.54 Å². The first-order chi connectivity index (χ1) is 3.70. The van der Waals surface area contributed by atoms with Crippen molar-refractivity contribution in [1.29, 1.82) is 0 Å². The van der Waals surface area contributed by atoms with Gasteiger partial charge in [0.2, 0.25) is 0 Å². The molecule has 0 bridgehead atoms. The van der Waals surface area contributed by atoms with E-state index in [1.54, 1.807) is 11.9 Å². The lowest BCUT2D eigenvalue weighted by Gasteiger charge is -2.02. The first-order valence-electron chi connectivity index (χ1n) is 2.83. The number of hydrogen-bond acceptors (Lipinski definition) is 3. The quantitative estimate of drug-likeness (QED) is 0.487. The second-order valence-corrected chi connectivity index (χ2v) is 3.74. The molecule has 0 radical (unpaired) electrons. The van der Waals surface area contributed by atoms with E-state index in [1.807, 2.05) is 0 Å². The van der Waals surface area contributed by atoms with Crippen LogP contribution in [0.3, 0.4) is 0 Å². The zero-order chi connectivity index (χ0) is 6.15. The highest BCUT2D eigenvalue weighted by atomic mass is 32.2. The summed E-state index contributed by atoms with van der Waals surface area (Å²) >= 11 is 1.74. The summed E-state index contributed by atoms with van der Waals surface area (Å²) in [5.74, 6) is 0.657. The third-order valence-electron chi connectivity index (χ3n) is 1.41. The van der Waals surface area contributed by atoms with Crippen molar-refractivity contribution < 1.29 is 0 Å². The average molecular weight is 132 g/mol. The lowest BCUT2D eigenvalue weighted by molar-refractivity contribution is 0.481. The lowest BCUT2D eigenvalue weighted by Crippen LogP contribution is -2.20. The van der Waals surface area contributed by atoms with E-state index in [2.05, 4.69) is 18.3 Å². The monoisotopic (exact) mass is 132 g/mol. The van der Waals surface area contributed by atoms with Crippen LogP contribution in [0.1, 0.15) is 6.92 Å². The molecule has 48 valence electrons. The Balaban J connectivity index is 2.39. The summed E-state index contributed by atoms with van der Waals surface area (Å²) in [6, 6.07) is 0. The van der Waals surface area contributed by atoms with E-state index in [0.717, 1.165) is 6.54 Å². The molecule has 8 heavy (non-hydrogen) atoms. The van der Waals surface area contributed by atoms with Crippen LogP contribution in [0.5, 0.6) is 0 Å². The van der Waals surface area contributed by atoms with Crippen LogP contribution in [0.25, 0.3) is 0 Å². The minimum absolute atomic E-state index is 0.333. The summed E-state index contributed by atoms with van der Waals surface area (Å²) in [6.07, 6.45) is 0. The fourth-order valence-corrected chi connectivity index (χ4v) is 1.89. The van der Waals surface area contributed by atoms with Crippen LogP contribution in [-0.2, 0) is 0 Å². The van der Waals surface area contributed by atoms with Crippen molar-refractivity contribution in [3.05, 3.63) is 0 Å². The topological polar surface area (TPSA) is 29.3 Å². The van der Waals surface area contributed by atoms with Gasteiger partial charge in [-0.2, -0.15) is 0 Å². The Bertz CT molecular complexity index is 76.5. The molecule has 1 aliphatic heterocycles.